The van der Waals surface area contributed by atoms with Crippen molar-refractivity contribution < 1.29 is 42.9 Å². The minimum Gasteiger partial charge on any atom is -0.463 e. The van der Waals surface area contributed by atoms with Crippen molar-refractivity contribution in [3.63, 3.8) is 0 Å². The third-order valence-electron chi connectivity index (χ3n) is 5.61. The average molecular weight is 509 g/mol. The van der Waals surface area contributed by atoms with Crippen molar-refractivity contribution in [2.24, 2.45) is 0 Å². The van der Waals surface area contributed by atoms with E-state index in [1.807, 2.05) is 0 Å². The van der Waals surface area contributed by atoms with E-state index in [4.69, 9.17) is 35.9 Å². The molecule has 1 aromatic heterocycles. The molecule has 12 heteroatoms. The van der Waals surface area contributed by atoms with Crippen LogP contribution in [-0.4, -0.2) is 59.5 Å². The molecule has 1 aliphatic heterocycles. The van der Waals surface area contributed by atoms with Gasteiger partial charge in [-0.25, -0.2) is 0 Å². The number of carbonyl (C=O) groups excluding carboxylic acids is 4. The van der Waals surface area contributed by atoms with Crippen molar-refractivity contribution >= 4 is 36.1 Å². The first kappa shape index (κ1) is 27.9. The van der Waals surface area contributed by atoms with Gasteiger partial charge in [0, 0.05) is 33.4 Å². The van der Waals surface area contributed by atoms with Crippen LogP contribution in [0.3, 0.4) is 0 Å². The summed E-state index contributed by atoms with van der Waals surface area (Å²) >= 11 is 5.59. The Morgan fingerprint density at radius 3 is 1.89 bits per heavy atom. The number of pyridine rings is 1. The zero-order chi connectivity index (χ0) is 26.6. The highest BCUT2D eigenvalue weighted by Gasteiger charge is 2.53. The maximum Gasteiger partial charge on any atom is 0.303 e. The molecule has 0 unspecified atom stereocenters. The maximum absolute atomic E-state index is 12.1. The van der Waals surface area contributed by atoms with Gasteiger partial charge in [-0.15, -0.1) is 0 Å². The molecular weight excluding hydrogens is 480 g/mol. The van der Waals surface area contributed by atoms with Crippen molar-refractivity contribution in [2.45, 2.75) is 79.1 Å². The molecule has 5 atom stereocenters. The molecule has 35 heavy (non-hydrogen) atoms. The minimum absolute atomic E-state index is 0.106. The van der Waals surface area contributed by atoms with Crippen LogP contribution in [0.4, 0.5) is 0 Å². The first-order chi connectivity index (χ1) is 16.3. The third-order valence-corrected chi connectivity index (χ3v) is 6.01. The Balaban J connectivity index is 2.81. The topological polar surface area (TPSA) is 143 Å². The summed E-state index contributed by atoms with van der Waals surface area (Å²) < 4.78 is 29.3. The Morgan fingerprint density at radius 2 is 1.40 bits per heavy atom. The van der Waals surface area contributed by atoms with Crippen LogP contribution in [0.2, 0.25) is 0 Å². The summed E-state index contributed by atoms with van der Waals surface area (Å²) in [5.74, 6) is -2.82. The number of esters is 4. The Hall–Kier alpha value is -3.30. The number of ether oxygens (including phenoxy) is 5. The monoisotopic (exact) mass is 508 g/mol. The number of hydrogen-bond acceptors (Lipinski definition) is 11. The van der Waals surface area contributed by atoms with E-state index in [-0.39, 0.29) is 16.8 Å². The molecule has 1 aliphatic rings. The van der Waals surface area contributed by atoms with Crippen LogP contribution in [0.15, 0.2) is 0 Å². The minimum atomic E-state index is -1.34. The van der Waals surface area contributed by atoms with Crippen molar-refractivity contribution in [2.75, 3.05) is 6.61 Å². The first-order valence-corrected chi connectivity index (χ1v) is 11.1. The predicted molar refractivity (Wildman–Crippen MR) is 121 cm³/mol. The van der Waals surface area contributed by atoms with Gasteiger partial charge in [0.25, 0.3) is 0 Å². The fourth-order valence-electron chi connectivity index (χ4n) is 3.92. The molecule has 2 heterocycles. The van der Waals surface area contributed by atoms with Crippen LogP contribution in [0.5, 0.6) is 0 Å². The number of nitrogens with zero attached hydrogens (tertiary/aromatic N) is 2. The quantitative estimate of drug-likeness (QED) is 0.317. The van der Waals surface area contributed by atoms with E-state index in [0.29, 0.717) is 11.3 Å². The van der Waals surface area contributed by atoms with Gasteiger partial charge >= 0.3 is 23.9 Å². The zero-order valence-corrected chi connectivity index (χ0v) is 21.4. The summed E-state index contributed by atoms with van der Waals surface area (Å²) in [6.07, 6.45) is -6.29. The highest BCUT2D eigenvalue weighted by atomic mass is 32.1. The second-order valence-corrected chi connectivity index (χ2v) is 8.47. The van der Waals surface area contributed by atoms with Gasteiger partial charge in [0.05, 0.1) is 5.56 Å². The van der Waals surface area contributed by atoms with Gasteiger partial charge < -0.3 is 28.3 Å². The van der Waals surface area contributed by atoms with Gasteiger partial charge in [-0.05, 0) is 31.9 Å². The maximum atomic E-state index is 12.1. The second-order valence-electron chi connectivity index (χ2n) is 8.09. The van der Waals surface area contributed by atoms with Crippen molar-refractivity contribution in [1.29, 1.82) is 5.26 Å². The van der Waals surface area contributed by atoms with Crippen LogP contribution in [0.25, 0.3) is 0 Å². The van der Waals surface area contributed by atoms with Gasteiger partial charge in [0.1, 0.15) is 23.4 Å². The number of hydrogen-bond donors (Lipinski definition) is 0. The molecule has 0 aliphatic carbocycles. The summed E-state index contributed by atoms with van der Waals surface area (Å²) in [5.41, 5.74) is 2.24. The number of aromatic nitrogens is 1. The van der Waals surface area contributed by atoms with Crippen molar-refractivity contribution in [1.82, 2.24) is 4.57 Å². The molecule has 0 saturated carbocycles. The van der Waals surface area contributed by atoms with E-state index in [9.17, 15) is 24.4 Å². The summed E-state index contributed by atoms with van der Waals surface area (Å²) in [6.45, 7) is 9.56. The van der Waals surface area contributed by atoms with Crippen LogP contribution >= 0.6 is 12.2 Å². The van der Waals surface area contributed by atoms with E-state index in [1.54, 1.807) is 20.8 Å². The van der Waals surface area contributed by atoms with Gasteiger partial charge in [-0.2, -0.15) is 5.26 Å². The molecule has 0 radical (unpaired) electrons. The summed E-state index contributed by atoms with van der Waals surface area (Å²) in [4.78, 5) is 47.5. The number of rotatable bonds is 6. The molecule has 1 saturated heterocycles. The molecule has 1 aromatic rings. The highest BCUT2D eigenvalue weighted by molar-refractivity contribution is 7.71. The Kier molecular flexibility index (Phi) is 9.12. The predicted octanol–water partition coefficient (Wildman–Crippen LogP) is 2.27. The van der Waals surface area contributed by atoms with Gasteiger partial charge in [-0.3, -0.25) is 19.2 Å². The molecule has 0 spiro atoms. The smallest absolute Gasteiger partial charge is 0.303 e. The lowest BCUT2D eigenvalue weighted by atomic mass is 9.96. The van der Waals surface area contributed by atoms with Crippen molar-refractivity contribution in [3.8, 4) is 6.07 Å². The Bertz CT molecular complexity index is 1140. The summed E-state index contributed by atoms with van der Waals surface area (Å²) in [7, 11) is 0. The molecule has 0 bridgehead atoms. The SMILES string of the molecule is CC(=O)OC[C@@H]1O[C@H](n2c(C)c(C)c(C)c(C#N)c2=S)[C@@H](OC(C)=O)[C@H](OC(C)=O)[C@@H]1OC(C)=O. The molecule has 0 aromatic carbocycles. The Morgan fingerprint density at radius 1 is 0.886 bits per heavy atom. The normalized spacial score (nSPS) is 23.5. The van der Waals surface area contributed by atoms with E-state index in [2.05, 4.69) is 6.07 Å². The standard InChI is InChI=1S/C23H28N2O9S/c1-10-11(2)17(8-24)23(35)25(12(10)3)22-21(33-16(7)29)20(32-15(6)28)19(31-14(5)27)18(34-22)9-30-13(4)26/h18-22H,9H2,1-7H3/t18-,19+,20+,21-,22-/m0/s1. The van der Waals surface area contributed by atoms with Gasteiger partial charge in [0.15, 0.2) is 24.5 Å². The molecular formula is C23H28N2O9S. The lowest BCUT2D eigenvalue weighted by Crippen LogP contribution is -2.60. The molecule has 1 fully saturated rings. The molecule has 190 valence electrons. The third kappa shape index (κ3) is 6.23. The van der Waals surface area contributed by atoms with E-state index >= 15 is 0 Å². The molecule has 11 nitrogen and oxygen atoms in total. The zero-order valence-electron chi connectivity index (χ0n) is 20.6. The van der Waals surface area contributed by atoms with Crippen LogP contribution in [-0.2, 0) is 42.9 Å². The fraction of sp³-hybridized carbons (Fsp3) is 0.565. The largest absolute Gasteiger partial charge is 0.463 e. The van der Waals surface area contributed by atoms with Crippen LogP contribution < -0.4 is 0 Å². The lowest BCUT2D eigenvalue weighted by molar-refractivity contribution is -0.269. The van der Waals surface area contributed by atoms with E-state index in [1.165, 1.54) is 11.5 Å². The molecule has 0 amide bonds. The Labute approximate surface area is 207 Å². The van der Waals surface area contributed by atoms with E-state index in [0.717, 1.165) is 26.3 Å². The highest BCUT2D eigenvalue weighted by Crippen LogP contribution is 2.37. The van der Waals surface area contributed by atoms with Gasteiger partial charge in [-0.1, -0.05) is 12.2 Å². The fourth-order valence-corrected chi connectivity index (χ4v) is 4.36. The summed E-state index contributed by atoms with van der Waals surface area (Å²) in [6, 6.07) is 2.08. The van der Waals surface area contributed by atoms with Gasteiger partial charge in [0.2, 0.25) is 0 Å². The number of nitriles is 1. The van der Waals surface area contributed by atoms with Crippen molar-refractivity contribution in [3.05, 3.63) is 27.0 Å². The molecule has 0 N–H and O–H groups in total. The second kappa shape index (κ2) is 11.4. The lowest BCUT2D eigenvalue weighted by Gasteiger charge is -2.45. The summed E-state index contributed by atoms with van der Waals surface area (Å²) in [5, 5.41) is 9.72. The molecule has 2 rings (SSSR count). The average Bonchev–Trinajstić information content (AvgIpc) is 2.74. The number of carbonyl (C=O) groups is 4. The first-order valence-electron chi connectivity index (χ1n) is 10.7. The van der Waals surface area contributed by atoms with Crippen LogP contribution in [0, 0.1) is 36.7 Å². The van der Waals surface area contributed by atoms with E-state index < -0.39 is 54.5 Å². The van der Waals surface area contributed by atoms with Crippen LogP contribution in [0.1, 0.15) is 56.3 Å².